The van der Waals surface area contributed by atoms with Gasteiger partial charge in [-0.25, -0.2) is 27.0 Å². The van der Waals surface area contributed by atoms with Crippen LogP contribution in [-0.2, 0) is 42.0 Å². The van der Waals surface area contributed by atoms with E-state index < -0.39 is 52.5 Å². The van der Waals surface area contributed by atoms with Gasteiger partial charge < -0.3 is 34.7 Å². The van der Waals surface area contributed by atoms with Crippen LogP contribution in [0, 0.1) is 29.4 Å². The molecule has 4 heterocycles. The molecular weight excluding hydrogens is 731 g/mol. The highest BCUT2D eigenvalue weighted by molar-refractivity contribution is 7.89. The molecule has 1 amide bonds. The molecule has 1 saturated carbocycles. The molecule has 1 aromatic heterocycles. The van der Waals surface area contributed by atoms with E-state index in [9.17, 15) is 27.1 Å². The summed E-state index contributed by atoms with van der Waals surface area (Å²) in [6.45, 7) is 5.06. The van der Waals surface area contributed by atoms with E-state index in [1.807, 2.05) is 13.8 Å². The highest BCUT2D eigenvalue weighted by Crippen LogP contribution is 2.49. The summed E-state index contributed by atoms with van der Waals surface area (Å²) in [6, 6.07) is 5.32. The molecule has 3 unspecified atom stereocenters. The van der Waals surface area contributed by atoms with Crippen LogP contribution in [0.4, 0.5) is 18.7 Å². The predicted molar refractivity (Wildman–Crippen MR) is 194 cm³/mol. The van der Waals surface area contributed by atoms with Crippen LogP contribution in [0.25, 0.3) is 10.2 Å². The normalized spacial score (nSPS) is 27.3. The van der Waals surface area contributed by atoms with Crippen molar-refractivity contribution < 1.29 is 46.0 Å². The number of nitrogens with zero attached hydrogens (tertiary/aromatic N) is 2. The molecule has 2 bridgehead atoms. The number of hydrogen-bond donors (Lipinski definition) is 3. The van der Waals surface area contributed by atoms with Gasteiger partial charge in [0.25, 0.3) is 0 Å². The third kappa shape index (κ3) is 8.79. The van der Waals surface area contributed by atoms with Crippen LogP contribution < -0.4 is 10.6 Å². The first-order valence-electron chi connectivity index (χ1n) is 18.6. The second kappa shape index (κ2) is 16.4. The van der Waals surface area contributed by atoms with E-state index in [4.69, 9.17) is 18.9 Å². The molecule has 3 aromatic rings. The predicted octanol–water partition coefficient (Wildman–Crippen LogP) is 5.57. The highest BCUT2D eigenvalue weighted by Gasteiger charge is 2.56. The Morgan fingerprint density at radius 2 is 1.81 bits per heavy atom. The van der Waals surface area contributed by atoms with Crippen LogP contribution in [0.2, 0.25) is 0 Å². The number of rotatable bonds is 9. The fourth-order valence-corrected chi connectivity index (χ4v) is 10.9. The minimum atomic E-state index is -4.25. The fourth-order valence-electron chi connectivity index (χ4n) is 8.07. The van der Waals surface area contributed by atoms with Crippen molar-refractivity contribution in [2.24, 2.45) is 17.8 Å². The minimum absolute atomic E-state index is 0.000409. The molecule has 3 fully saturated rings. The minimum Gasteiger partial charge on any atom is -0.445 e. The maximum Gasteiger partial charge on any atom is 0.407 e. The average molecular weight is 779 g/mol. The van der Waals surface area contributed by atoms with E-state index >= 15 is 0 Å². The first-order valence-corrected chi connectivity index (χ1v) is 20.8. The number of alkyl carbamates (subject to hydrolysis) is 1. The van der Waals surface area contributed by atoms with Gasteiger partial charge in [-0.2, -0.15) is 4.31 Å². The zero-order valence-corrected chi connectivity index (χ0v) is 31.6. The number of thiazole rings is 1. The van der Waals surface area contributed by atoms with Crippen molar-refractivity contribution >= 4 is 42.8 Å². The molecule has 2 aromatic carbocycles. The van der Waals surface area contributed by atoms with Gasteiger partial charge in [0, 0.05) is 49.6 Å². The molecule has 2 saturated heterocycles. The number of sulfonamides is 1. The highest BCUT2D eigenvalue weighted by atomic mass is 32.2. The number of hydrogen-bond acceptors (Lipinski definition) is 11. The van der Waals surface area contributed by atoms with Crippen LogP contribution in [0.3, 0.4) is 0 Å². The number of β-amino-alcohol motifs (C(OH)–C–C–N with tert-alkyl or cyclic N) is 1. The molecule has 1 aliphatic carbocycles. The summed E-state index contributed by atoms with van der Waals surface area (Å²) in [5, 5.41) is 18.5. The Bertz CT molecular complexity index is 1860. The number of halogens is 2. The lowest BCUT2D eigenvalue weighted by Crippen LogP contribution is -2.51. The molecule has 290 valence electrons. The maximum atomic E-state index is 14.7. The Balaban J connectivity index is 1.17. The van der Waals surface area contributed by atoms with Crippen molar-refractivity contribution in [2.45, 2.75) is 101 Å². The van der Waals surface area contributed by atoms with Crippen molar-refractivity contribution in [3.8, 4) is 0 Å². The molecule has 4 aliphatic rings. The molecule has 16 heteroatoms. The number of carbonyl (C=O) groups excluding carboxylic acids is 1. The molecule has 0 radical (unpaired) electrons. The van der Waals surface area contributed by atoms with E-state index in [1.165, 1.54) is 15.6 Å². The van der Waals surface area contributed by atoms with E-state index in [0.717, 1.165) is 50.3 Å². The van der Waals surface area contributed by atoms with Gasteiger partial charge in [-0.05, 0) is 74.9 Å². The molecule has 3 N–H and O–H groups in total. The van der Waals surface area contributed by atoms with Gasteiger partial charge in [-0.15, -0.1) is 0 Å². The molecule has 7 rings (SSSR count). The number of aliphatic hydroxyl groups excluding tert-OH is 1. The standard InChI is InChI=1S/C37H48F2N4O8S2/c1-21(2)40-36-41-30-14-23-18-48-9-7-5-3-4-6-8-43(53(46,47)33(23)16-32(30)52-36)17-31(44)29(12-22-10-25(38)15-26(39)11-22)42-37(45)51-34-24-13-27-28(34)20-50-35(27)49-19-24/h10-11,14-16,21,24,27-29,31,34-35,44H,3-9,12-13,17-20H2,1-2H3,(H,40,41)(H,42,45)/t24?,27?,28?,29-,31+,34-,35-/m0/s1. The summed E-state index contributed by atoms with van der Waals surface area (Å²) >= 11 is 1.35. The summed E-state index contributed by atoms with van der Waals surface area (Å²) in [7, 11) is -4.25. The first kappa shape index (κ1) is 38.3. The Morgan fingerprint density at radius 1 is 1.06 bits per heavy atom. The lowest BCUT2D eigenvalue weighted by Gasteiger charge is -2.31. The molecule has 3 aliphatic heterocycles. The van der Waals surface area contributed by atoms with Crippen molar-refractivity contribution in [2.75, 3.05) is 38.2 Å². The SMILES string of the molecule is CC(C)Nc1nc2cc3c(cc2s1)S(=O)(=O)N(C[C@@H](O)[C@H](Cc1cc(F)cc(F)c1)NC(=O)O[C@H]1C2CO[C@H]4OCC1C4C2)CCCCCCCOC3. The maximum absolute atomic E-state index is 14.7. The van der Waals surface area contributed by atoms with Crippen LogP contribution >= 0.6 is 11.3 Å². The lowest BCUT2D eigenvalue weighted by atomic mass is 9.98. The molecule has 0 spiro atoms. The number of ether oxygens (including phenoxy) is 4. The van der Waals surface area contributed by atoms with Gasteiger partial charge in [0.05, 0.1) is 47.1 Å². The van der Waals surface area contributed by atoms with Gasteiger partial charge >= 0.3 is 6.09 Å². The molecule has 53 heavy (non-hydrogen) atoms. The zero-order valence-electron chi connectivity index (χ0n) is 30.0. The van der Waals surface area contributed by atoms with Gasteiger partial charge in [0.1, 0.15) is 17.7 Å². The summed E-state index contributed by atoms with van der Waals surface area (Å²) in [5.41, 5.74) is 1.28. The van der Waals surface area contributed by atoms with Crippen LogP contribution in [-0.4, -0.2) is 92.4 Å². The van der Waals surface area contributed by atoms with Gasteiger partial charge in [0.2, 0.25) is 10.0 Å². The summed E-state index contributed by atoms with van der Waals surface area (Å²) in [6.07, 6.45) is 1.52. The smallest absolute Gasteiger partial charge is 0.407 e. The summed E-state index contributed by atoms with van der Waals surface area (Å²) < 4.78 is 83.4. The first-order chi connectivity index (χ1) is 25.4. The molecular formula is C37H48F2N4O8S2. The van der Waals surface area contributed by atoms with E-state index in [-0.39, 0.29) is 60.1 Å². The lowest BCUT2D eigenvalue weighted by molar-refractivity contribution is -0.169. The quantitative estimate of drug-likeness (QED) is 0.252. The van der Waals surface area contributed by atoms with Crippen LogP contribution in [0.5, 0.6) is 0 Å². The largest absolute Gasteiger partial charge is 0.445 e. The van der Waals surface area contributed by atoms with E-state index in [2.05, 4.69) is 15.6 Å². The Kier molecular flexibility index (Phi) is 11.8. The summed E-state index contributed by atoms with van der Waals surface area (Å²) in [4.78, 5) is 18.3. The number of nitrogens with one attached hydrogen (secondary N) is 2. The topological polar surface area (TPSA) is 149 Å². The zero-order chi connectivity index (χ0) is 37.3. The van der Waals surface area contributed by atoms with Crippen molar-refractivity contribution in [3.63, 3.8) is 0 Å². The van der Waals surface area contributed by atoms with Crippen molar-refractivity contribution in [3.05, 3.63) is 53.1 Å². The number of anilines is 1. The van der Waals surface area contributed by atoms with Crippen molar-refractivity contribution in [1.82, 2.24) is 14.6 Å². The number of aromatic nitrogens is 1. The Hall–Kier alpha value is -2.99. The Labute approximate surface area is 312 Å². The average Bonchev–Trinajstić information content (AvgIpc) is 3.76. The fraction of sp³-hybridized carbons (Fsp3) is 0.622. The van der Waals surface area contributed by atoms with E-state index in [0.29, 0.717) is 47.2 Å². The summed E-state index contributed by atoms with van der Waals surface area (Å²) in [5.74, 6) is -1.52. The van der Waals surface area contributed by atoms with E-state index in [1.54, 1.807) is 12.1 Å². The molecule has 7 atom stereocenters. The Morgan fingerprint density at radius 3 is 2.60 bits per heavy atom. The van der Waals surface area contributed by atoms with Crippen LogP contribution in [0.1, 0.15) is 63.5 Å². The number of benzene rings is 2. The number of amides is 1. The van der Waals surface area contributed by atoms with Crippen LogP contribution in [0.15, 0.2) is 35.2 Å². The van der Waals surface area contributed by atoms with Gasteiger partial charge in [-0.1, -0.05) is 30.6 Å². The number of fused-ring (bicyclic) bond motifs is 3. The molecule has 12 nitrogen and oxygen atoms in total. The third-order valence-corrected chi connectivity index (χ3v) is 13.5. The second-order valence-electron chi connectivity index (χ2n) is 15.0. The monoisotopic (exact) mass is 778 g/mol. The second-order valence-corrected chi connectivity index (χ2v) is 17.9. The van der Waals surface area contributed by atoms with Gasteiger partial charge in [-0.3, -0.25) is 0 Å². The van der Waals surface area contributed by atoms with Gasteiger partial charge in [0.15, 0.2) is 11.4 Å². The number of carbonyl (C=O) groups is 1. The van der Waals surface area contributed by atoms with Crippen molar-refractivity contribution in [1.29, 1.82) is 0 Å². The number of aliphatic hydroxyl groups is 1. The third-order valence-electron chi connectivity index (χ3n) is 10.6.